The summed E-state index contributed by atoms with van der Waals surface area (Å²) in [5.74, 6) is 0.438. The highest BCUT2D eigenvalue weighted by Crippen LogP contribution is 2.39. The molecule has 4 rings (SSSR count). The van der Waals surface area contributed by atoms with E-state index in [0.29, 0.717) is 23.1 Å². The van der Waals surface area contributed by atoms with Gasteiger partial charge in [0.1, 0.15) is 11.5 Å². The van der Waals surface area contributed by atoms with Gasteiger partial charge in [-0.1, -0.05) is 24.4 Å². The monoisotopic (exact) mass is 404 g/mol. The number of halogens is 2. The Balaban J connectivity index is 1.74. The highest BCUT2D eigenvalue weighted by atomic mass is 35.5. The summed E-state index contributed by atoms with van der Waals surface area (Å²) >= 11 is 5.82. The summed E-state index contributed by atoms with van der Waals surface area (Å²) in [6.07, 6.45) is 5.87. The summed E-state index contributed by atoms with van der Waals surface area (Å²) in [7, 11) is 1.71. The highest BCUT2D eigenvalue weighted by Gasteiger charge is 2.39. The lowest BCUT2D eigenvalue weighted by Crippen LogP contribution is -2.59. The summed E-state index contributed by atoms with van der Waals surface area (Å²) < 4.78 is 14.2. The van der Waals surface area contributed by atoms with Gasteiger partial charge in [-0.15, -0.1) is 0 Å². The van der Waals surface area contributed by atoms with Crippen LogP contribution in [0.5, 0.6) is 0 Å². The SMILES string of the molecule is CCN1C(=O)N(C)c2cnc(Nc3ccc(Cl)cc3F)nc2N1C1CCCC1. The molecular weight excluding hydrogens is 383 g/mol. The first-order valence-electron chi connectivity index (χ1n) is 9.43. The van der Waals surface area contributed by atoms with Crippen molar-refractivity contribution < 1.29 is 9.18 Å². The van der Waals surface area contributed by atoms with Crippen LogP contribution in [0.25, 0.3) is 0 Å². The third kappa shape index (κ3) is 3.22. The number of anilines is 4. The molecule has 1 aromatic carbocycles. The summed E-state index contributed by atoms with van der Waals surface area (Å²) in [5, 5.41) is 6.95. The van der Waals surface area contributed by atoms with Crippen LogP contribution in [0.3, 0.4) is 0 Å². The number of nitrogens with one attached hydrogen (secondary N) is 1. The molecular formula is C19H22ClFN6O. The highest BCUT2D eigenvalue weighted by molar-refractivity contribution is 6.30. The number of rotatable bonds is 4. The van der Waals surface area contributed by atoms with E-state index < -0.39 is 5.82 Å². The van der Waals surface area contributed by atoms with Crippen LogP contribution < -0.4 is 15.2 Å². The standard InChI is InChI=1S/C19H22ClFN6O/c1-3-26-19(28)25(2)16-11-22-18(23-15-9-8-12(20)10-14(15)21)24-17(16)27(26)13-6-4-5-7-13/h8-11,13H,3-7H2,1-2H3,(H,22,23,24). The fourth-order valence-corrected chi connectivity index (χ4v) is 3.99. The number of carbonyl (C=O) groups excluding carboxylic acids is 1. The average Bonchev–Trinajstić information content (AvgIpc) is 3.21. The van der Waals surface area contributed by atoms with Gasteiger partial charge in [-0.25, -0.2) is 19.2 Å². The molecule has 2 heterocycles. The van der Waals surface area contributed by atoms with Gasteiger partial charge in [-0.05, 0) is 38.0 Å². The number of hydrogen-bond donors (Lipinski definition) is 1. The lowest BCUT2D eigenvalue weighted by Gasteiger charge is -2.45. The number of aromatic nitrogens is 2. The third-order valence-electron chi connectivity index (χ3n) is 5.24. The molecule has 0 saturated heterocycles. The molecule has 1 aliphatic heterocycles. The van der Waals surface area contributed by atoms with Crippen molar-refractivity contribution in [2.45, 2.75) is 38.6 Å². The minimum Gasteiger partial charge on any atom is -0.322 e. The number of carbonyl (C=O) groups is 1. The number of amides is 2. The maximum absolute atomic E-state index is 14.2. The summed E-state index contributed by atoms with van der Waals surface area (Å²) in [5.41, 5.74) is 0.882. The lowest BCUT2D eigenvalue weighted by molar-refractivity contribution is 0.191. The normalized spacial score (nSPS) is 17.3. The van der Waals surface area contributed by atoms with Crippen LogP contribution in [-0.4, -0.2) is 40.6 Å². The molecule has 0 spiro atoms. The second-order valence-electron chi connectivity index (χ2n) is 6.99. The lowest BCUT2D eigenvalue weighted by atomic mass is 10.2. The molecule has 9 heteroatoms. The molecule has 2 aromatic rings. The molecule has 0 unspecified atom stereocenters. The van der Waals surface area contributed by atoms with Crippen molar-refractivity contribution in [2.24, 2.45) is 0 Å². The maximum atomic E-state index is 14.2. The van der Waals surface area contributed by atoms with Gasteiger partial charge in [0, 0.05) is 18.6 Å². The van der Waals surface area contributed by atoms with E-state index in [2.05, 4.69) is 15.3 Å². The van der Waals surface area contributed by atoms with Gasteiger partial charge in [0.05, 0.1) is 17.9 Å². The van der Waals surface area contributed by atoms with Crippen molar-refractivity contribution >= 4 is 40.8 Å². The van der Waals surface area contributed by atoms with Crippen LogP contribution in [0.1, 0.15) is 32.6 Å². The second kappa shape index (κ2) is 7.43. The van der Waals surface area contributed by atoms with Gasteiger partial charge in [-0.3, -0.25) is 9.91 Å². The summed E-state index contributed by atoms with van der Waals surface area (Å²) in [6.45, 7) is 2.49. The van der Waals surface area contributed by atoms with Crippen molar-refractivity contribution in [3.63, 3.8) is 0 Å². The number of urea groups is 1. The predicted molar refractivity (Wildman–Crippen MR) is 108 cm³/mol. The van der Waals surface area contributed by atoms with Crippen molar-refractivity contribution in [3.8, 4) is 0 Å². The first kappa shape index (κ1) is 18.7. The molecule has 2 amide bonds. The molecule has 1 saturated carbocycles. The number of hydrazine groups is 1. The Hall–Kier alpha value is -2.61. The Bertz CT molecular complexity index is 904. The topological polar surface area (TPSA) is 64.6 Å². The van der Waals surface area contributed by atoms with Gasteiger partial charge in [0.2, 0.25) is 5.95 Å². The zero-order valence-electron chi connectivity index (χ0n) is 15.8. The van der Waals surface area contributed by atoms with Gasteiger partial charge in [-0.2, -0.15) is 4.98 Å². The molecule has 0 bridgehead atoms. The first-order valence-corrected chi connectivity index (χ1v) is 9.81. The largest absolute Gasteiger partial charge is 0.343 e. The Morgan fingerprint density at radius 2 is 2.07 bits per heavy atom. The van der Waals surface area contributed by atoms with Crippen LogP contribution in [0.15, 0.2) is 24.4 Å². The van der Waals surface area contributed by atoms with Gasteiger partial charge in [0.25, 0.3) is 0 Å². The quantitative estimate of drug-likeness (QED) is 0.808. The van der Waals surface area contributed by atoms with Crippen LogP contribution in [0.4, 0.5) is 32.3 Å². The molecule has 0 atom stereocenters. The number of fused-ring (bicyclic) bond motifs is 1. The smallest absolute Gasteiger partial charge is 0.322 e. The maximum Gasteiger partial charge on any atom is 0.343 e. The number of hydrogen-bond acceptors (Lipinski definition) is 5. The summed E-state index contributed by atoms with van der Waals surface area (Å²) in [6, 6.07) is 4.49. The Labute approximate surface area is 168 Å². The van der Waals surface area contributed by atoms with Crippen molar-refractivity contribution in [2.75, 3.05) is 28.8 Å². The predicted octanol–water partition coefficient (Wildman–Crippen LogP) is 4.57. The van der Waals surface area contributed by atoms with Gasteiger partial charge >= 0.3 is 6.03 Å². The average molecular weight is 405 g/mol. The van der Waals surface area contributed by atoms with Crippen LogP contribution in [0, 0.1) is 5.82 Å². The van der Waals surface area contributed by atoms with E-state index in [1.807, 2.05) is 11.9 Å². The van der Waals surface area contributed by atoms with E-state index in [-0.39, 0.29) is 23.7 Å². The first-order chi connectivity index (χ1) is 13.5. The fourth-order valence-electron chi connectivity index (χ4n) is 3.83. The molecule has 1 N–H and O–H groups in total. The van der Waals surface area contributed by atoms with Crippen molar-refractivity contribution in [1.29, 1.82) is 0 Å². The zero-order chi connectivity index (χ0) is 19.8. The van der Waals surface area contributed by atoms with E-state index >= 15 is 0 Å². The van der Waals surface area contributed by atoms with Crippen LogP contribution in [0.2, 0.25) is 5.02 Å². The zero-order valence-corrected chi connectivity index (χ0v) is 16.6. The van der Waals surface area contributed by atoms with E-state index in [1.165, 1.54) is 6.07 Å². The van der Waals surface area contributed by atoms with Crippen LogP contribution in [-0.2, 0) is 0 Å². The Kier molecular flexibility index (Phi) is 4.97. The molecule has 7 nitrogen and oxygen atoms in total. The van der Waals surface area contributed by atoms with Gasteiger partial charge in [0.15, 0.2) is 5.82 Å². The molecule has 0 radical (unpaired) electrons. The fraction of sp³-hybridized carbons (Fsp3) is 0.421. The number of nitrogens with zero attached hydrogens (tertiary/aromatic N) is 5. The van der Waals surface area contributed by atoms with E-state index in [1.54, 1.807) is 35.3 Å². The molecule has 2 aliphatic rings. The van der Waals surface area contributed by atoms with E-state index in [9.17, 15) is 9.18 Å². The molecule has 28 heavy (non-hydrogen) atoms. The van der Waals surface area contributed by atoms with E-state index in [0.717, 1.165) is 25.7 Å². The summed E-state index contributed by atoms with van der Waals surface area (Å²) in [4.78, 5) is 23.3. The minimum absolute atomic E-state index is 0.102. The van der Waals surface area contributed by atoms with Gasteiger partial charge < -0.3 is 5.32 Å². The molecule has 148 valence electrons. The molecule has 1 aliphatic carbocycles. The third-order valence-corrected chi connectivity index (χ3v) is 5.48. The minimum atomic E-state index is -0.482. The second-order valence-corrected chi connectivity index (χ2v) is 7.43. The van der Waals surface area contributed by atoms with Crippen molar-refractivity contribution in [3.05, 3.63) is 35.2 Å². The Morgan fingerprint density at radius 1 is 1.32 bits per heavy atom. The molecule has 1 fully saturated rings. The van der Waals surface area contributed by atoms with E-state index in [4.69, 9.17) is 11.6 Å². The molecule has 1 aromatic heterocycles. The van der Waals surface area contributed by atoms with Crippen molar-refractivity contribution in [1.82, 2.24) is 15.0 Å². The number of benzene rings is 1. The van der Waals surface area contributed by atoms with Crippen LogP contribution >= 0.6 is 11.6 Å². The Morgan fingerprint density at radius 3 is 2.75 bits per heavy atom.